The fraction of sp³-hybridized carbons (Fsp3) is 0.160. The number of hydrogen-bond donors (Lipinski definition) is 1. The van der Waals surface area contributed by atoms with Crippen molar-refractivity contribution in [3.8, 4) is 17.2 Å². The molecule has 1 aromatic heterocycles. The summed E-state index contributed by atoms with van der Waals surface area (Å²) < 4.78 is 12.4. The number of carbonyl (C=O) groups is 1. The smallest absolute Gasteiger partial charge is 0.338 e. The molecule has 0 aliphatic rings. The largest absolute Gasteiger partial charge is 0.508 e. The van der Waals surface area contributed by atoms with Gasteiger partial charge >= 0.3 is 5.97 Å². The molecule has 0 atom stereocenters. The van der Waals surface area contributed by atoms with Crippen molar-refractivity contribution >= 4 is 16.9 Å². The Morgan fingerprint density at radius 3 is 2.62 bits per heavy atom. The fourth-order valence-electron chi connectivity index (χ4n) is 3.42. The first-order valence-electron chi connectivity index (χ1n) is 10.2. The van der Waals surface area contributed by atoms with Crippen molar-refractivity contribution < 1.29 is 19.4 Å². The van der Waals surface area contributed by atoms with Gasteiger partial charge in [0.2, 0.25) is 0 Å². The van der Waals surface area contributed by atoms with E-state index in [0.717, 1.165) is 11.1 Å². The van der Waals surface area contributed by atoms with Crippen LogP contribution >= 0.6 is 0 Å². The number of carbonyl (C=O) groups excluding carboxylic acids is 1. The first-order chi connectivity index (χ1) is 15.5. The lowest BCUT2D eigenvalue weighted by molar-refractivity contribution is 0.0525. The van der Waals surface area contributed by atoms with Crippen molar-refractivity contribution in [2.75, 3.05) is 6.61 Å². The molecule has 4 aromatic rings. The topological polar surface area (TPSA) is 90.7 Å². The van der Waals surface area contributed by atoms with Crippen LogP contribution in [0.5, 0.6) is 11.5 Å². The first-order valence-corrected chi connectivity index (χ1v) is 10.2. The molecule has 7 heteroatoms. The molecule has 0 aliphatic carbocycles. The SMILES string of the molecule is CCOC(=O)c1cccc(COc2ccc3c(=O)n(-c4ccc(O)cc4)cnc3c2)c1C. The molecular weight excluding hydrogens is 408 g/mol. The molecule has 3 aromatic carbocycles. The lowest BCUT2D eigenvalue weighted by atomic mass is 10.0. The predicted molar refractivity (Wildman–Crippen MR) is 120 cm³/mol. The Kier molecular flexibility index (Phi) is 5.89. The summed E-state index contributed by atoms with van der Waals surface area (Å²) in [5, 5.41) is 9.90. The minimum absolute atomic E-state index is 0.125. The van der Waals surface area contributed by atoms with Gasteiger partial charge in [-0.2, -0.15) is 0 Å². The van der Waals surface area contributed by atoms with Crippen LogP contribution in [0.3, 0.4) is 0 Å². The van der Waals surface area contributed by atoms with Gasteiger partial charge in [0.15, 0.2) is 0 Å². The minimum atomic E-state index is -0.355. The van der Waals surface area contributed by atoms with Crippen molar-refractivity contribution in [1.29, 1.82) is 0 Å². The normalized spacial score (nSPS) is 10.8. The number of phenols is 1. The van der Waals surface area contributed by atoms with Crippen LogP contribution in [0, 0.1) is 6.92 Å². The predicted octanol–water partition coefficient (Wildman–Crippen LogP) is 4.16. The molecule has 0 aliphatic heterocycles. The fourth-order valence-corrected chi connectivity index (χ4v) is 3.42. The zero-order chi connectivity index (χ0) is 22.7. The van der Waals surface area contributed by atoms with Crippen molar-refractivity contribution in [2.24, 2.45) is 0 Å². The molecule has 0 fully saturated rings. The average Bonchev–Trinajstić information content (AvgIpc) is 2.79. The van der Waals surface area contributed by atoms with Gasteiger partial charge in [-0.1, -0.05) is 12.1 Å². The van der Waals surface area contributed by atoms with Crippen LogP contribution in [0.2, 0.25) is 0 Å². The number of phenolic OH excluding ortho intramolecular Hbond substituents is 1. The Bertz CT molecular complexity index is 1340. The van der Waals surface area contributed by atoms with E-state index >= 15 is 0 Å². The molecule has 32 heavy (non-hydrogen) atoms. The summed E-state index contributed by atoms with van der Waals surface area (Å²) in [5.74, 6) is 0.333. The molecule has 0 radical (unpaired) electrons. The van der Waals surface area contributed by atoms with Crippen LogP contribution in [-0.2, 0) is 11.3 Å². The summed E-state index contributed by atoms with van der Waals surface area (Å²) in [7, 11) is 0. The summed E-state index contributed by atoms with van der Waals surface area (Å²) in [4.78, 5) is 29.4. The number of rotatable bonds is 6. The van der Waals surface area contributed by atoms with E-state index in [9.17, 15) is 14.7 Å². The van der Waals surface area contributed by atoms with Crippen LogP contribution in [-0.4, -0.2) is 27.2 Å². The summed E-state index contributed by atoms with van der Waals surface area (Å²) in [5.41, 5.74) is 3.10. The van der Waals surface area contributed by atoms with E-state index in [1.807, 2.05) is 13.0 Å². The van der Waals surface area contributed by atoms with Gasteiger partial charge in [-0.3, -0.25) is 9.36 Å². The van der Waals surface area contributed by atoms with Gasteiger partial charge in [-0.25, -0.2) is 9.78 Å². The standard InChI is InChI=1S/C25H22N2O5/c1-3-31-25(30)21-6-4-5-17(16(21)2)14-32-20-11-12-22-23(13-20)26-15-27(24(22)29)18-7-9-19(28)10-8-18/h4-13,15,28H,3,14H2,1-2H3. The molecular formula is C25H22N2O5. The van der Waals surface area contributed by atoms with E-state index < -0.39 is 0 Å². The Morgan fingerprint density at radius 1 is 1.09 bits per heavy atom. The Hall–Kier alpha value is -4.13. The van der Waals surface area contributed by atoms with Gasteiger partial charge in [0.1, 0.15) is 24.4 Å². The van der Waals surface area contributed by atoms with Crippen molar-refractivity contribution in [3.63, 3.8) is 0 Å². The van der Waals surface area contributed by atoms with Crippen LogP contribution < -0.4 is 10.3 Å². The van der Waals surface area contributed by atoms with Crippen LogP contribution in [0.25, 0.3) is 16.6 Å². The lowest BCUT2D eigenvalue weighted by Gasteiger charge is -2.12. The number of esters is 1. The zero-order valence-electron chi connectivity index (χ0n) is 17.7. The number of ether oxygens (including phenoxy) is 2. The number of nitrogens with zero attached hydrogens (tertiary/aromatic N) is 2. The maximum absolute atomic E-state index is 12.9. The van der Waals surface area contributed by atoms with E-state index in [1.165, 1.54) is 23.0 Å². The molecule has 162 valence electrons. The highest BCUT2D eigenvalue weighted by Crippen LogP contribution is 2.21. The lowest BCUT2D eigenvalue weighted by Crippen LogP contribution is -2.18. The highest BCUT2D eigenvalue weighted by atomic mass is 16.5. The third-order valence-electron chi connectivity index (χ3n) is 5.19. The quantitative estimate of drug-likeness (QED) is 0.462. The van der Waals surface area contributed by atoms with Crippen LogP contribution in [0.1, 0.15) is 28.4 Å². The second kappa shape index (κ2) is 8.93. The summed E-state index contributed by atoms with van der Waals surface area (Å²) in [6, 6.07) is 16.9. The maximum Gasteiger partial charge on any atom is 0.338 e. The number of benzene rings is 3. The third kappa shape index (κ3) is 4.18. The number of aromatic nitrogens is 2. The molecule has 4 rings (SSSR count). The maximum atomic E-state index is 12.9. The minimum Gasteiger partial charge on any atom is -0.508 e. The highest BCUT2D eigenvalue weighted by Gasteiger charge is 2.13. The number of aromatic hydroxyl groups is 1. The monoisotopic (exact) mass is 430 g/mol. The molecule has 0 saturated heterocycles. The van der Waals surface area contributed by atoms with Gasteiger partial charge in [0.25, 0.3) is 5.56 Å². The van der Waals surface area contributed by atoms with Gasteiger partial charge < -0.3 is 14.6 Å². The van der Waals surface area contributed by atoms with E-state index in [2.05, 4.69) is 4.98 Å². The summed E-state index contributed by atoms with van der Waals surface area (Å²) in [6.45, 7) is 4.21. The molecule has 0 unspecified atom stereocenters. The van der Waals surface area contributed by atoms with E-state index in [4.69, 9.17) is 9.47 Å². The van der Waals surface area contributed by atoms with Crippen LogP contribution in [0.4, 0.5) is 0 Å². The third-order valence-corrected chi connectivity index (χ3v) is 5.19. The van der Waals surface area contributed by atoms with Crippen molar-refractivity contribution in [3.05, 3.63) is 94.0 Å². The van der Waals surface area contributed by atoms with Crippen LogP contribution in [0.15, 0.2) is 71.8 Å². The molecule has 0 bridgehead atoms. The van der Waals surface area contributed by atoms with E-state index in [1.54, 1.807) is 49.4 Å². The Morgan fingerprint density at radius 2 is 1.88 bits per heavy atom. The number of hydrogen-bond acceptors (Lipinski definition) is 6. The van der Waals surface area contributed by atoms with Gasteiger partial charge in [-0.05, 0) is 67.4 Å². The Labute approximate surface area is 184 Å². The Balaban J connectivity index is 1.57. The van der Waals surface area contributed by atoms with Crippen molar-refractivity contribution in [1.82, 2.24) is 9.55 Å². The highest BCUT2D eigenvalue weighted by molar-refractivity contribution is 5.91. The first kappa shape index (κ1) is 21.1. The second-order valence-corrected chi connectivity index (χ2v) is 7.21. The molecule has 0 amide bonds. The number of fused-ring (bicyclic) bond motifs is 1. The summed E-state index contributed by atoms with van der Waals surface area (Å²) >= 11 is 0. The molecule has 7 nitrogen and oxygen atoms in total. The van der Waals surface area contributed by atoms with E-state index in [-0.39, 0.29) is 23.9 Å². The molecule has 1 heterocycles. The zero-order valence-corrected chi connectivity index (χ0v) is 17.7. The second-order valence-electron chi connectivity index (χ2n) is 7.21. The van der Waals surface area contributed by atoms with Gasteiger partial charge in [0, 0.05) is 6.07 Å². The van der Waals surface area contributed by atoms with E-state index in [0.29, 0.717) is 34.5 Å². The molecule has 1 N–H and O–H groups in total. The molecule has 0 spiro atoms. The summed E-state index contributed by atoms with van der Waals surface area (Å²) in [6.07, 6.45) is 1.45. The van der Waals surface area contributed by atoms with Gasteiger partial charge in [0.05, 0.1) is 28.8 Å². The average molecular weight is 430 g/mol. The van der Waals surface area contributed by atoms with Crippen molar-refractivity contribution in [2.45, 2.75) is 20.5 Å². The van der Waals surface area contributed by atoms with Gasteiger partial charge in [-0.15, -0.1) is 0 Å². The molecule has 0 saturated carbocycles.